The second-order valence-corrected chi connectivity index (χ2v) is 8.02. The van der Waals surface area contributed by atoms with Crippen molar-refractivity contribution in [2.75, 3.05) is 11.9 Å². The van der Waals surface area contributed by atoms with Crippen LogP contribution in [0.1, 0.15) is 16.8 Å². The molecule has 5 rings (SSSR count). The van der Waals surface area contributed by atoms with E-state index in [9.17, 15) is 18.0 Å². The summed E-state index contributed by atoms with van der Waals surface area (Å²) < 4.78 is 35.4. The number of nitrogens with one attached hydrogen (secondary N) is 1. The van der Waals surface area contributed by atoms with Crippen LogP contribution >= 0.6 is 0 Å². The van der Waals surface area contributed by atoms with Crippen LogP contribution in [0.3, 0.4) is 0 Å². The third-order valence-electron chi connectivity index (χ3n) is 5.61. The highest BCUT2D eigenvalue weighted by Gasteiger charge is 2.29. The van der Waals surface area contributed by atoms with Crippen LogP contribution in [-0.4, -0.2) is 22.5 Å². The molecule has 1 aromatic heterocycles. The summed E-state index contributed by atoms with van der Waals surface area (Å²) >= 11 is 0. The van der Waals surface area contributed by atoms with Gasteiger partial charge in [-0.1, -0.05) is 78.9 Å². The summed E-state index contributed by atoms with van der Waals surface area (Å²) in [5, 5.41) is 2.98. The number of rotatable bonds is 2. The van der Waals surface area contributed by atoms with Gasteiger partial charge in [0.1, 0.15) is 0 Å². The van der Waals surface area contributed by atoms with Gasteiger partial charge in [0.25, 0.3) is 0 Å². The van der Waals surface area contributed by atoms with Gasteiger partial charge in [0.15, 0.2) is 0 Å². The molecule has 0 atom stereocenters. The zero-order chi connectivity index (χ0) is 24.7. The van der Waals surface area contributed by atoms with Crippen LogP contribution in [0.4, 0.5) is 23.7 Å². The number of pyridine rings is 1. The topological polar surface area (TPSA) is 45.2 Å². The molecule has 1 aliphatic heterocycles. The van der Waals surface area contributed by atoms with E-state index in [4.69, 9.17) is 0 Å². The Morgan fingerprint density at radius 3 is 2.06 bits per heavy atom. The Kier molecular flexibility index (Phi) is 7.45. The molecule has 0 spiro atoms. The summed E-state index contributed by atoms with van der Waals surface area (Å²) in [5.41, 5.74) is 4.72. The van der Waals surface area contributed by atoms with Crippen molar-refractivity contribution in [3.63, 3.8) is 0 Å². The minimum atomic E-state index is -4.21. The van der Waals surface area contributed by atoms with Gasteiger partial charge in [-0.25, -0.2) is 4.79 Å². The maximum absolute atomic E-state index is 12.5. The number of urea groups is 1. The van der Waals surface area contributed by atoms with Crippen LogP contribution in [0, 0.1) is 0 Å². The number of anilines is 1. The van der Waals surface area contributed by atoms with Gasteiger partial charge in [-0.3, -0.25) is 4.98 Å². The van der Waals surface area contributed by atoms with E-state index in [0.717, 1.165) is 35.5 Å². The largest absolute Gasteiger partial charge is 0.416 e. The second kappa shape index (κ2) is 10.9. The number of benzene rings is 3. The van der Waals surface area contributed by atoms with Crippen molar-refractivity contribution in [3.05, 3.63) is 120 Å². The van der Waals surface area contributed by atoms with E-state index in [2.05, 4.69) is 28.5 Å². The van der Waals surface area contributed by atoms with Gasteiger partial charge in [0.2, 0.25) is 0 Å². The molecule has 0 saturated carbocycles. The van der Waals surface area contributed by atoms with Crippen molar-refractivity contribution in [3.8, 4) is 11.1 Å². The second-order valence-electron chi connectivity index (χ2n) is 8.02. The first-order valence-electron chi connectivity index (χ1n) is 11.2. The van der Waals surface area contributed by atoms with Crippen LogP contribution in [0.25, 0.3) is 11.1 Å². The van der Waals surface area contributed by atoms with E-state index in [0.29, 0.717) is 13.1 Å². The summed E-state index contributed by atoms with van der Waals surface area (Å²) in [6.45, 7) is 1.27. The average Bonchev–Trinajstić information content (AvgIpc) is 2.90. The molecular weight excluding hydrogens is 451 g/mol. The SMILES string of the molecule is FC(F)(F)c1ccccc1.O=C(Nc1ccc(-c2ccccc2)cc1)N1CCc2cccnc2C1. The highest BCUT2D eigenvalue weighted by molar-refractivity contribution is 5.89. The predicted octanol–water partition coefficient (Wildman–Crippen LogP) is 7.04. The normalized spacial score (nSPS) is 12.7. The number of hydrogen-bond acceptors (Lipinski definition) is 2. The van der Waals surface area contributed by atoms with Crippen molar-refractivity contribution < 1.29 is 18.0 Å². The monoisotopic (exact) mass is 475 g/mol. The Bertz CT molecular complexity index is 1240. The molecule has 4 aromatic rings. The third kappa shape index (κ3) is 6.47. The molecule has 0 radical (unpaired) electrons. The van der Waals surface area contributed by atoms with Gasteiger partial charge < -0.3 is 10.2 Å². The molecule has 2 amide bonds. The highest BCUT2D eigenvalue weighted by Crippen LogP contribution is 2.28. The first kappa shape index (κ1) is 24.0. The smallest absolute Gasteiger partial charge is 0.318 e. The van der Waals surface area contributed by atoms with Crippen LogP contribution in [0.2, 0.25) is 0 Å². The number of carbonyl (C=O) groups is 1. The number of fused-ring (bicyclic) bond motifs is 1. The molecule has 4 nitrogen and oxygen atoms in total. The summed E-state index contributed by atoms with van der Waals surface area (Å²) in [6, 6.07) is 28.4. The zero-order valence-electron chi connectivity index (χ0n) is 18.9. The fourth-order valence-electron chi connectivity index (χ4n) is 3.74. The molecular formula is C28H24F3N3O. The van der Waals surface area contributed by atoms with Crippen molar-refractivity contribution in [2.45, 2.75) is 19.1 Å². The number of alkyl halides is 3. The Labute approximate surface area is 202 Å². The van der Waals surface area contributed by atoms with E-state index in [-0.39, 0.29) is 6.03 Å². The fraction of sp³-hybridized carbons (Fsp3) is 0.143. The van der Waals surface area contributed by atoms with Crippen molar-refractivity contribution in [1.29, 1.82) is 0 Å². The van der Waals surface area contributed by atoms with Gasteiger partial charge in [-0.05, 0) is 41.3 Å². The maximum atomic E-state index is 12.5. The number of carbonyl (C=O) groups excluding carboxylic acids is 1. The molecule has 0 bridgehead atoms. The number of aromatic nitrogens is 1. The van der Waals surface area contributed by atoms with Crippen LogP contribution in [0.15, 0.2) is 103 Å². The quantitative estimate of drug-likeness (QED) is 0.338. The van der Waals surface area contributed by atoms with Crippen molar-refractivity contribution >= 4 is 11.7 Å². The van der Waals surface area contributed by atoms with E-state index in [1.54, 1.807) is 17.2 Å². The number of halogens is 3. The van der Waals surface area contributed by atoms with Gasteiger partial charge >= 0.3 is 12.2 Å². The Balaban J connectivity index is 0.000000243. The molecule has 35 heavy (non-hydrogen) atoms. The fourth-order valence-corrected chi connectivity index (χ4v) is 3.74. The molecule has 0 saturated heterocycles. The standard InChI is InChI=1S/C21H19N3O.C7H5F3/c25-21(24-14-12-18-7-4-13-22-20(18)15-24)23-19-10-8-17(9-11-19)16-5-2-1-3-6-16;8-7(9,10)6-4-2-1-3-5-6/h1-11,13H,12,14-15H2,(H,23,25);1-5H. The predicted molar refractivity (Wildman–Crippen MR) is 131 cm³/mol. The van der Waals surface area contributed by atoms with Gasteiger partial charge in [0, 0.05) is 18.4 Å². The molecule has 0 fully saturated rings. The van der Waals surface area contributed by atoms with Crippen LogP contribution < -0.4 is 5.32 Å². The zero-order valence-corrected chi connectivity index (χ0v) is 18.9. The lowest BCUT2D eigenvalue weighted by molar-refractivity contribution is -0.137. The van der Waals surface area contributed by atoms with Crippen LogP contribution in [0.5, 0.6) is 0 Å². The van der Waals surface area contributed by atoms with E-state index < -0.39 is 11.7 Å². The lowest BCUT2D eigenvalue weighted by Crippen LogP contribution is -2.39. The molecule has 3 aromatic carbocycles. The van der Waals surface area contributed by atoms with Crippen LogP contribution in [-0.2, 0) is 19.1 Å². The Morgan fingerprint density at radius 1 is 0.800 bits per heavy atom. The summed E-state index contributed by atoms with van der Waals surface area (Å²) in [5.74, 6) is 0. The lowest BCUT2D eigenvalue weighted by atomic mass is 10.1. The number of nitrogens with zero attached hydrogens (tertiary/aromatic N) is 2. The lowest BCUT2D eigenvalue weighted by Gasteiger charge is -2.28. The molecule has 1 aliphatic rings. The van der Waals surface area contributed by atoms with Gasteiger partial charge in [-0.15, -0.1) is 0 Å². The Hall–Kier alpha value is -4.13. The van der Waals surface area contributed by atoms with Gasteiger partial charge in [-0.2, -0.15) is 13.2 Å². The first-order chi connectivity index (χ1) is 16.9. The summed E-state index contributed by atoms with van der Waals surface area (Å²) in [6.07, 6.45) is -1.58. The number of hydrogen-bond donors (Lipinski definition) is 1. The van der Waals surface area contributed by atoms with Crippen molar-refractivity contribution in [1.82, 2.24) is 9.88 Å². The average molecular weight is 476 g/mol. The molecule has 2 heterocycles. The van der Waals surface area contributed by atoms with Crippen molar-refractivity contribution in [2.24, 2.45) is 0 Å². The minimum Gasteiger partial charge on any atom is -0.318 e. The molecule has 178 valence electrons. The van der Waals surface area contributed by atoms with Gasteiger partial charge in [0.05, 0.1) is 17.8 Å². The summed E-state index contributed by atoms with van der Waals surface area (Å²) in [7, 11) is 0. The number of amides is 2. The van der Waals surface area contributed by atoms with E-state index in [1.807, 2.05) is 48.5 Å². The van der Waals surface area contributed by atoms with E-state index in [1.165, 1.54) is 23.3 Å². The minimum absolute atomic E-state index is 0.0798. The molecule has 0 unspecified atom stereocenters. The molecule has 0 aliphatic carbocycles. The first-order valence-corrected chi connectivity index (χ1v) is 11.2. The molecule has 1 N–H and O–H groups in total. The molecule has 7 heteroatoms. The maximum Gasteiger partial charge on any atom is 0.416 e. The Morgan fingerprint density at radius 2 is 1.43 bits per heavy atom. The highest BCUT2D eigenvalue weighted by atomic mass is 19.4. The van der Waals surface area contributed by atoms with E-state index >= 15 is 0 Å². The summed E-state index contributed by atoms with van der Waals surface area (Å²) in [4.78, 5) is 18.7. The third-order valence-corrected chi connectivity index (χ3v) is 5.61.